The van der Waals surface area contributed by atoms with Crippen LogP contribution in [-0.4, -0.2) is 5.17 Å². The lowest BCUT2D eigenvalue weighted by Gasteiger charge is -1.91. The van der Waals surface area contributed by atoms with Crippen molar-refractivity contribution in [3.63, 3.8) is 0 Å². The van der Waals surface area contributed by atoms with Gasteiger partial charge in [-0.3, -0.25) is 0 Å². The van der Waals surface area contributed by atoms with Crippen LogP contribution in [0, 0.1) is 0 Å². The maximum Gasteiger partial charge on any atom is 0.131 e. The Balaban J connectivity index is 4.19. The molecule has 0 amide bonds. The van der Waals surface area contributed by atoms with Crippen LogP contribution in [0.3, 0.4) is 0 Å². The molecule has 0 atom stereocenters. The third kappa shape index (κ3) is 3.09. The zero-order chi connectivity index (χ0) is 7.28. The minimum atomic E-state index is 0.507. The third-order valence-corrected chi connectivity index (χ3v) is 1.36. The molecule has 9 heavy (non-hydrogen) atoms. The zero-order valence-electron chi connectivity index (χ0n) is 5.69. The van der Waals surface area contributed by atoms with Crippen molar-refractivity contribution in [1.29, 1.82) is 0 Å². The number of hydrogen-bond donors (Lipinski definition) is 0. The first kappa shape index (κ1) is 8.44. The highest BCUT2D eigenvalue weighted by molar-refractivity contribution is 6.69. The molecule has 0 radical (unpaired) electrons. The SMILES string of the molecule is C=C/N=C(Cl)\C(C)=C/C. The molecule has 0 saturated heterocycles. The molecule has 0 aromatic heterocycles. The minimum absolute atomic E-state index is 0.507. The van der Waals surface area contributed by atoms with Crippen molar-refractivity contribution in [3.05, 3.63) is 24.4 Å². The lowest BCUT2D eigenvalue weighted by Crippen LogP contribution is -1.86. The Morgan fingerprint density at radius 1 is 1.67 bits per heavy atom. The fraction of sp³-hybridized carbons (Fsp3) is 0.286. The zero-order valence-corrected chi connectivity index (χ0v) is 6.44. The predicted molar refractivity (Wildman–Crippen MR) is 42.9 cm³/mol. The summed E-state index contributed by atoms with van der Waals surface area (Å²) in [5.41, 5.74) is 0.969. The van der Waals surface area contributed by atoms with Crippen molar-refractivity contribution in [2.24, 2.45) is 4.99 Å². The van der Waals surface area contributed by atoms with Crippen molar-refractivity contribution >= 4 is 16.8 Å². The molecule has 0 N–H and O–H groups in total. The molecule has 0 spiro atoms. The van der Waals surface area contributed by atoms with Crippen LogP contribution in [0.15, 0.2) is 29.4 Å². The van der Waals surface area contributed by atoms with Crippen LogP contribution >= 0.6 is 11.6 Å². The Kier molecular flexibility index (Phi) is 4.06. The van der Waals surface area contributed by atoms with E-state index in [4.69, 9.17) is 11.6 Å². The summed E-state index contributed by atoms with van der Waals surface area (Å²) >= 11 is 5.64. The summed E-state index contributed by atoms with van der Waals surface area (Å²) in [6.45, 7) is 7.23. The second-order valence-corrected chi connectivity index (χ2v) is 1.93. The molecule has 50 valence electrons. The van der Waals surface area contributed by atoms with E-state index in [9.17, 15) is 0 Å². The van der Waals surface area contributed by atoms with Crippen LogP contribution < -0.4 is 0 Å². The maximum absolute atomic E-state index is 5.64. The van der Waals surface area contributed by atoms with E-state index in [1.54, 1.807) is 0 Å². The van der Waals surface area contributed by atoms with Crippen molar-refractivity contribution in [3.8, 4) is 0 Å². The van der Waals surface area contributed by atoms with Crippen LogP contribution in [0.2, 0.25) is 0 Å². The van der Waals surface area contributed by atoms with E-state index in [0.717, 1.165) is 5.57 Å². The van der Waals surface area contributed by atoms with E-state index in [-0.39, 0.29) is 0 Å². The van der Waals surface area contributed by atoms with Gasteiger partial charge in [-0.2, -0.15) is 0 Å². The van der Waals surface area contributed by atoms with E-state index < -0.39 is 0 Å². The number of nitrogens with zero attached hydrogens (tertiary/aromatic N) is 1. The van der Waals surface area contributed by atoms with Gasteiger partial charge in [0.2, 0.25) is 0 Å². The maximum atomic E-state index is 5.64. The molecule has 0 aromatic rings. The van der Waals surface area contributed by atoms with Gasteiger partial charge in [-0.15, -0.1) is 0 Å². The summed E-state index contributed by atoms with van der Waals surface area (Å²) in [6, 6.07) is 0. The highest BCUT2D eigenvalue weighted by Gasteiger charge is 1.91. The van der Waals surface area contributed by atoms with Crippen molar-refractivity contribution in [2.45, 2.75) is 13.8 Å². The number of allylic oxidation sites excluding steroid dienone is 2. The molecular formula is C7H10ClN. The van der Waals surface area contributed by atoms with Gasteiger partial charge in [-0.25, -0.2) is 4.99 Å². The summed E-state index contributed by atoms with van der Waals surface area (Å²) in [4.78, 5) is 3.77. The molecule has 2 heteroatoms. The van der Waals surface area contributed by atoms with Crippen LogP contribution in [0.5, 0.6) is 0 Å². The number of rotatable bonds is 2. The van der Waals surface area contributed by atoms with E-state index >= 15 is 0 Å². The second kappa shape index (κ2) is 4.33. The van der Waals surface area contributed by atoms with Gasteiger partial charge in [0, 0.05) is 6.20 Å². The molecule has 0 rings (SSSR count). The Bertz CT molecular complexity index is 156. The monoisotopic (exact) mass is 143 g/mol. The van der Waals surface area contributed by atoms with Gasteiger partial charge >= 0.3 is 0 Å². The molecule has 0 aliphatic heterocycles. The summed E-state index contributed by atoms with van der Waals surface area (Å²) in [5.74, 6) is 0. The largest absolute Gasteiger partial charge is 0.245 e. The topological polar surface area (TPSA) is 12.4 Å². The van der Waals surface area contributed by atoms with Crippen molar-refractivity contribution < 1.29 is 0 Å². The fourth-order valence-corrected chi connectivity index (χ4v) is 0.479. The molecule has 0 heterocycles. The highest BCUT2D eigenvalue weighted by atomic mass is 35.5. The lowest BCUT2D eigenvalue weighted by atomic mass is 10.3. The van der Waals surface area contributed by atoms with E-state index in [1.807, 2.05) is 19.9 Å². The van der Waals surface area contributed by atoms with E-state index in [1.165, 1.54) is 6.20 Å². The van der Waals surface area contributed by atoms with Crippen LogP contribution in [0.25, 0.3) is 0 Å². The first-order valence-corrected chi connectivity index (χ1v) is 3.07. The van der Waals surface area contributed by atoms with Gasteiger partial charge in [0.05, 0.1) is 0 Å². The normalized spacial score (nSPS) is 13.7. The number of halogens is 1. The number of hydrogen-bond acceptors (Lipinski definition) is 1. The van der Waals surface area contributed by atoms with Crippen molar-refractivity contribution in [1.82, 2.24) is 0 Å². The molecule has 0 bridgehead atoms. The van der Waals surface area contributed by atoms with Gasteiger partial charge in [0.1, 0.15) is 5.17 Å². The molecule has 0 aromatic carbocycles. The van der Waals surface area contributed by atoms with Crippen molar-refractivity contribution in [2.75, 3.05) is 0 Å². The van der Waals surface area contributed by atoms with Crippen LogP contribution in [0.4, 0.5) is 0 Å². The third-order valence-electron chi connectivity index (χ3n) is 0.963. The smallest absolute Gasteiger partial charge is 0.131 e. The van der Waals surface area contributed by atoms with Gasteiger partial charge in [0.25, 0.3) is 0 Å². The van der Waals surface area contributed by atoms with Gasteiger partial charge < -0.3 is 0 Å². The molecule has 0 aliphatic carbocycles. The lowest BCUT2D eigenvalue weighted by molar-refractivity contribution is 1.50. The first-order valence-electron chi connectivity index (χ1n) is 2.70. The molecule has 0 saturated carbocycles. The molecule has 1 nitrogen and oxygen atoms in total. The summed E-state index contributed by atoms with van der Waals surface area (Å²) in [5, 5.41) is 0.507. The van der Waals surface area contributed by atoms with E-state index in [0.29, 0.717) is 5.17 Å². The highest BCUT2D eigenvalue weighted by Crippen LogP contribution is 2.00. The average Bonchev–Trinajstić information content (AvgIpc) is 1.87. The average molecular weight is 144 g/mol. The Morgan fingerprint density at radius 3 is 2.56 bits per heavy atom. The Hall–Kier alpha value is -0.560. The standard InChI is InChI=1S/C7H10ClN/c1-4-6(3)7(8)9-5-2/h4-5H,2H2,1,3H3/b6-4-,9-7+. The van der Waals surface area contributed by atoms with Gasteiger partial charge in [0.15, 0.2) is 0 Å². The van der Waals surface area contributed by atoms with Gasteiger partial charge in [-0.05, 0) is 19.4 Å². The second-order valence-electron chi connectivity index (χ2n) is 1.57. The fourth-order valence-electron chi connectivity index (χ4n) is 0.301. The molecule has 0 fully saturated rings. The predicted octanol–water partition coefficient (Wildman–Crippen LogP) is 2.73. The molecule has 0 aliphatic rings. The number of aliphatic imine (C=N–C) groups is 1. The minimum Gasteiger partial charge on any atom is -0.245 e. The molecular weight excluding hydrogens is 134 g/mol. The first-order chi connectivity index (χ1) is 4.22. The van der Waals surface area contributed by atoms with Gasteiger partial charge in [-0.1, -0.05) is 24.3 Å². The molecule has 0 unspecified atom stereocenters. The summed E-state index contributed by atoms with van der Waals surface area (Å²) in [6.07, 6.45) is 3.32. The Labute approximate surface area is 60.7 Å². The summed E-state index contributed by atoms with van der Waals surface area (Å²) < 4.78 is 0. The van der Waals surface area contributed by atoms with Crippen LogP contribution in [-0.2, 0) is 0 Å². The summed E-state index contributed by atoms with van der Waals surface area (Å²) in [7, 11) is 0. The Morgan fingerprint density at radius 2 is 2.22 bits per heavy atom. The van der Waals surface area contributed by atoms with Crippen LogP contribution in [0.1, 0.15) is 13.8 Å². The van der Waals surface area contributed by atoms with E-state index in [2.05, 4.69) is 11.6 Å². The quantitative estimate of drug-likeness (QED) is 0.527.